The highest BCUT2D eigenvalue weighted by Crippen LogP contribution is 2.23. The van der Waals surface area contributed by atoms with Crippen LogP contribution in [-0.4, -0.2) is 0 Å². The minimum absolute atomic E-state index is 0.617. The number of benzene rings is 1. The molecule has 1 aromatic carbocycles. The summed E-state index contributed by atoms with van der Waals surface area (Å²) >= 11 is 0. The van der Waals surface area contributed by atoms with Crippen molar-refractivity contribution in [2.75, 3.05) is 0 Å². The summed E-state index contributed by atoms with van der Waals surface area (Å²) < 4.78 is 0. The summed E-state index contributed by atoms with van der Waals surface area (Å²) in [6, 6.07) is 8.57. The molecule has 13 heavy (non-hydrogen) atoms. The average molecular weight is 177 g/mol. The maximum Gasteiger partial charge on any atom is 0.0178 e. The SMILES string of the molecule is CC(C)C(C)c1cccc(CN)c1. The molecule has 0 spiro atoms. The van der Waals surface area contributed by atoms with Crippen LogP contribution in [0, 0.1) is 5.92 Å². The Balaban J connectivity index is 2.88. The van der Waals surface area contributed by atoms with Crippen LogP contribution < -0.4 is 5.73 Å². The predicted octanol–water partition coefficient (Wildman–Crippen LogP) is 2.90. The van der Waals surface area contributed by atoms with Crippen LogP contribution in [0.2, 0.25) is 0 Å². The molecule has 0 heterocycles. The van der Waals surface area contributed by atoms with Gasteiger partial charge in [0.15, 0.2) is 0 Å². The first kappa shape index (κ1) is 10.3. The quantitative estimate of drug-likeness (QED) is 0.754. The molecule has 1 atom stereocenters. The molecule has 1 nitrogen and oxygen atoms in total. The molecular formula is C12H19N. The molecule has 1 unspecified atom stereocenters. The minimum Gasteiger partial charge on any atom is -0.326 e. The van der Waals surface area contributed by atoms with E-state index in [4.69, 9.17) is 5.73 Å². The van der Waals surface area contributed by atoms with Crippen LogP contribution in [0.15, 0.2) is 24.3 Å². The van der Waals surface area contributed by atoms with Crippen LogP contribution in [0.4, 0.5) is 0 Å². The van der Waals surface area contributed by atoms with Gasteiger partial charge in [-0.25, -0.2) is 0 Å². The van der Waals surface area contributed by atoms with Gasteiger partial charge >= 0.3 is 0 Å². The molecule has 0 bridgehead atoms. The van der Waals surface area contributed by atoms with E-state index >= 15 is 0 Å². The average Bonchev–Trinajstić information content (AvgIpc) is 2.16. The predicted molar refractivity (Wildman–Crippen MR) is 57.6 cm³/mol. The van der Waals surface area contributed by atoms with E-state index in [1.165, 1.54) is 11.1 Å². The highest BCUT2D eigenvalue weighted by Gasteiger charge is 2.09. The summed E-state index contributed by atoms with van der Waals surface area (Å²) in [7, 11) is 0. The van der Waals surface area contributed by atoms with E-state index < -0.39 is 0 Å². The van der Waals surface area contributed by atoms with Crippen LogP contribution in [0.5, 0.6) is 0 Å². The van der Waals surface area contributed by atoms with Gasteiger partial charge in [0.25, 0.3) is 0 Å². The van der Waals surface area contributed by atoms with Crippen LogP contribution in [0.1, 0.15) is 37.8 Å². The van der Waals surface area contributed by atoms with E-state index in [0.29, 0.717) is 18.4 Å². The largest absolute Gasteiger partial charge is 0.326 e. The lowest BCUT2D eigenvalue weighted by molar-refractivity contribution is 0.534. The zero-order chi connectivity index (χ0) is 9.84. The van der Waals surface area contributed by atoms with Crippen molar-refractivity contribution in [1.29, 1.82) is 0 Å². The zero-order valence-electron chi connectivity index (χ0n) is 8.75. The summed E-state index contributed by atoms with van der Waals surface area (Å²) in [6.07, 6.45) is 0. The molecule has 0 aliphatic carbocycles. The van der Waals surface area contributed by atoms with Crippen LogP contribution in [0.3, 0.4) is 0 Å². The maximum atomic E-state index is 5.59. The topological polar surface area (TPSA) is 26.0 Å². The Morgan fingerprint density at radius 3 is 2.46 bits per heavy atom. The molecular weight excluding hydrogens is 158 g/mol. The van der Waals surface area contributed by atoms with Crippen molar-refractivity contribution in [3.05, 3.63) is 35.4 Å². The molecule has 0 radical (unpaired) electrons. The van der Waals surface area contributed by atoms with Crippen LogP contribution in [-0.2, 0) is 6.54 Å². The Hall–Kier alpha value is -0.820. The Bertz CT molecular complexity index is 266. The first-order chi connectivity index (χ1) is 6.15. The molecule has 1 heteroatoms. The molecule has 0 fully saturated rings. The molecule has 2 N–H and O–H groups in total. The third kappa shape index (κ3) is 2.56. The summed E-state index contributed by atoms with van der Waals surface area (Å²) in [5.74, 6) is 1.31. The fraction of sp³-hybridized carbons (Fsp3) is 0.500. The molecule has 1 aromatic rings. The Labute approximate surface area is 81.0 Å². The van der Waals surface area contributed by atoms with Gasteiger partial charge in [0.1, 0.15) is 0 Å². The van der Waals surface area contributed by atoms with Gasteiger partial charge < -0.3 is 5.73 Å². The second-order valence-electron chi connectivity index (χ2n) is 3.98. The lowest BCUT2D eigenvalue weighted by Gasteiger charge is -2.16. The van der Waals surface area contributed by atoms with Gasteiger partial charge in [0.05, 0.1) is 0 Å². The second-order valence-corrected chi connectivity index (χ2v) is 3.98. The fourth-order valence-corrected chi connectivity index (χ4v) is 1.39. The summed E-state index contributed by atoms with van der Waals surface area (Å²) in [4.78, 5) is 0. The van der Waals surface area contributed by atoms with Crippen molar-refractivity contribution in [2.24, 2.45) is 11.7 Å². The van der Waals surface area contributed by atoms with Crippen LogP contribution in [0.25, 0.3) is 0 Å². The van der Waals surface area contributed by atoms with E-state index in [0.717, 1.165) is 0 Å². The third-order valence-electron chi connectivity index (χ3n) is 2.71. The van der Waals surface area contributed by atoms with Crippen molar-refractivity contribution in [3.8, 4) is 0 Å². The van der Waals surface area contributed by atoms with E-state index in [1.54, 1.807) is 0 Å². The molecule has 0 saturated carbocycles. The molecule has 0 aromatic heterocycles. The maximum absolute atomic E-state index is 5.59. The van der Waals surface area contributed by atoms with Gasteiger partial charge in [-0.3, -0.25) is 0 Å². The Kier molecular flexibility index (Phi) is 3.49. The molecule has 72 valence electrons. The van der Waals surface area contributed by atoms with Crippen molar-refractivity contribution >= 4 is 0 Å². The van der Waals surface area contributed by atoms with E-state index in [9.17, 15) is 0 Å². The molecule has 0 aliphatic rings. The smallest absolute Gasteiger partial charge is 0.0178 e. The Morgan fingerprint density at radius 1 is 1.23 bits per heavy atom. The standard InChI is InChI=1S/C12H19N/c1-9(2)10(3)12-6-4-5-11(7-12)8-13/h4-7,9-10H,8,13H2,1-3H3. The van der Waals surface area contributed by atoms with Gasteiger partial charge in [-0.05, 0) is 23.0 Å². The van der Waals surface area contributed by atoms with Gasteiger partial charge in [-0.1, -0.05) is 45.0 Å². The van der Waals surface area contributed by atoms with Crippen molar-refractivity contribution in [1.82, 2.24) is 0 Å². The fourth-order valence-electron chi connectivity index (χ4n) is 1.39. The van der Waals surface area contributed by atoms with Crippen LogP contribution >= 0.6 is 0 Å². The molecule has 0 aliphatic heterocycles. The van der Waals surface area contributed by atoms with Crippen molar-refractivity contribution < 1.29 is 0 Å². The zero-order valence-corrected chi connectivity index (χ0v) is 8.75. The van der Waals surface area contributed by atoms with E-state index in [2.05, 4.69) is 45.0 Å². The van der Waals surface area contributed by atoms with Crippen molar-refractivity contribution in [3.63, 3.8) is 0 Å². The van der Waals surface area contributed by atoms with E-state index in [-0.39, 0.29) is 0 Å². The third-order valence-corrected chi connectivity index (χ3v) is 2.71. The van der Waals surface area contributed by atoms with Gasteiger partial charge in [-0.2, -0.15) is 0 Å². The first-order valence-corrected chi connectivity index (χ1v) is 4.94. The minimum atomic E-state index is 0.617. The summed E-state index contributed by atoms with van der Waals surface area (Å²) in [5.41, 5.74) is 8.22. The summed E-state index contributed by atoms with van der Waals surface area (Å²) in [6.45, 7) is 7.40. The van der Waals surface area contributed by atoms with E-state index in [1.807, 2.05) is 0 Å². The second kappa shape index (κ2) is 4.43. The van der Waals surface area contributed by atoms with Gasteiger partial charge in [-0.15, -0.1) is 0 Å². The number of rotatable bonds is 3. The highest BCUT2D eigenvalue weighted by molar-refractivity contribution is 5.26. The molecule has 0 saturated heterocycles. The lowest BCUT2D eigenvalue weighted by Crippen LogP contribution is -2.03. The molecule has 0 amide bonds. The monoisotopic (exact) mass is 177 g/mol. The van der Waals surface area contributed by atoms with Gasteiger partial charge in [0, 0.05) is 6.54 Å². The highest BCUT2D eigenvalue weighted by atomic mass is 14.5. The lowest BCUT2D eigenvalue weighted by atomic mass is 9.89. The Morgan fingerprint density at radius 2 is 1.92 bits per heavy atom. The first-order valence-electron chi connectivity index (χ1n) is 4.94. The number of nitrogens with two attached hydrogens (primary N) is 1. The summed E-state index contributed by atoms with van der Waals surface area (Å²) in [5, 5.41) is 0. The van der Waals surface area contributed by atoms with Gasteiger partial charge in [0.2, 0.25) is 0 Å². The molecule has 1 rings (SSSR count). The number of hydrogen-bond donors (Lipinski definition) is 1. The normalized spacial score (nSPS) is 13.3. The number of hydrogen-bond acceptors (Lipinski definition) is 1. The van der Waals surface area contributed by atoms with Crippen molar-refractivity contribution in [2.45, 2.75) is 33.2 Å².